The molecule has 1 atom stereocenters. The molecule has 2 nitrogen and oxygen atoms in total. The highest BCUT2D eigenvalue weighted by Crippen LogP contribution is 2.31. The van der Waals surface area contributed by atoms with E-state index in [0.717, 1.165) is 23.5 Å². The van der Waals surface area contributed by atoms with E-state index in [1.54, 1.807) is 0 Å². The van der Waals surface area contributed by atoms with E-state index in [1.165, 1.54) is 10.8 Å². The van der Waals surface area contributed by atoms with Gasteiger partial charge in [-0.3, -0.25) is 0 Å². The highest BCUT2D eigenvalue weighted by atomic mass is 16.3. The molecule has 1 unspecified atom stereocenters. The molecule has 3 rings (SSSR count). The molecule has 20 heavy (non-hydrogen) atoms. The summed E-state index contributed by atoms with van der Waals surface area (Å²) in [5.74, 6) is 1.93. The van der Waals surface area contributed by atoms with Gasteiger partial charge in [0.05, 0.1) is 6.04 Å². The lowest BCUT2D eigenvalue weighted by atomic mass is 10.0. The summed E-state index contributed by atoms with van der Waals surface area (Å²) in [5.41, 5.74) is 1.15. The first-order chi connectivity index (χ1) is 9.83. The van der Waals surface area contributed by atoms with Crippen LogP contribution >= 0.6 is 0 Å². The maximum Gasteiger partial charge on any atom is 0.134 e. The minimum absolute atomic E-state index is 0.277. The zero-order valence-corrected chi connectivity index (χ0v) is 11.9. The van der Waals surface area contributed by atoms with Crippen molar-refractivity contribution in [2.24, 2.45) is 0 Å². The summed E-state index contributed by atoms with van der Waals surface area (Å²) in [7, 11) is 1.97. The first-order valence-corrected chi connectivity index (χ1v) is 7.08. The zero-order valence-electron chi connectivity index (χ0n) is 11.9. The summed E-state index contributed by atoms with van der Waals surface area (Å²) in [6.45, 7) is 2.15. The molecule has 1 aromatic heterocycles. The van der Waals surface area contributed by atoms with Crippen LogP contribution in [-0.4, -0.2) is 7.05 Å². The van der Waals surface area contributed by atoms with Crippen molar-refractivity contribution in [1.29, 1.82) is 0 Å². The van der Waals surface area contributed by atoms with E-state index in [-0.39, 0.29) is 6.04 Å². The molecular formula is C18H19NO. The zero-order chi connectivity index (χ0) is 13.9. The molecule has 2 aromatic carbocycles. The van der Waals surface area contributed by atoms with Crippen molar-refractivity contribution < 1.29 is 4.42 Å². The highest BCUT2D eigenvalue weighted by molar-refractivity contribution is 5.95. The van der Waals surface area contributed by atoms with Gasteiger partial charge in [0.1, 0.15) is 11.5 Å². The van der Waals surface area contributed by atoms with Gasteiger partial charge in [0.25, 0.3) is 0 Å². The van der Waals surface area contributed by atoms with Crippen LogP contribution in [0.2, 0.25) is 0 Å². The number of fused-ring (bicyclic) bond motifs is 1. The second kappa shape index (κ2) is 5.51. The Bertz CT molecular complexity index is 705. The minimum Gasteiger partial charge on any atom is -0.459 e. The molecule has 3 aromatic rings. The summed E-state index contributed by atoms with van der Waals surface area (Å²) >= 11 is 0. The average Bonchev–Trinajstić information content (AvgIpc) is 2.97. The standard InChI is InChI=1S/C18H19NO/c1-3-16(19-2)18-12-11-17(20-18)15-10-6-8-13-7-4-5-9-14(13)15/h4-12,16,19H,3H2,1-2H3. The van der Waals surface area contributed by atoms with E-state index in [2.05, 4.69) is 66.8 Å². The van der Waals surface area contributed by atoms with Gasteiger partial charge < -0.3 is 9.73 Å². The molecule has 0 radical (unpaired) electrons. The second-order valence-corrected chi connectivity index (χ2v) is 4.98. The smallest absolute Gasteiger partial charge is 0.134 e. The third kappa shape index (κ3) is 2.23. The van der Waals surface area contributed by atoms with Gasteiger partial charge in [0.2, 0.25) is 0 Å². The Morgan fingerprint density at radius 1 is 1.00 bits per heavy atom. The first kappa shape index (κ1) is 12.9. The Hall–Kier alpha value is -2.06. The lowest BCUT2D eigenvalue weighted by molar-refractivity contribution is 0.431. The molecule has 0 amide bonds. The van der Waals surface area contributed by atoms with Crippen LogP contribution in [0.4, 0.5) is 0 Å². The van der Waals surface area contributed by atoms with Gasteiger partial charge in [-0.15, -0.1) is 0 Å². The Kier molecular flexibility index (Phi) is 3.57. The normalized spacial score (nSPS) is 12.7. The highest BCUT2D eigenvalue weighted by Gasteiger charge is 2.13. The quantitative estimate of drug-likeness (QED) is 0.735. The van der Waals surface area contributed by atoms with Crippen molar-refractivity contribution in [3.8, 4) is 11.3 Å². The minimum atomic E-state index is 0.277. The van der Waals surface area contributed by atoms with Gasteiger partial charge >= 0.3 is 0 Å². The van der Waals surface area contributed by atoms with Crippen molar-refractivity contribution >= 4 is 10.8 Å². The lowest BCUT2D eigenvalue weighted by Gasteiger charge is -2.10. The summed E-state index contributed by atoms with van der Waals surface area (Å²) in [4.78, 5) is 0. The monoisotopic (exact) mass is 265 g/mol. The third-order valence-corrected chi connectivity index (χ3v) is 3.78. The van der Waals surface area contributed by atoms with E-state index in [1.807, 2.05) is 7.05 Å². The molecule has 0 saturated carbocycles. The van der Waals surface area contributed by atoms with Crippen molar-refractivity contribution in [3.05, 3.63) is 60.4 Å². The number of nitrogens with one attached hydrogen (secondary N) is 1. The van der Waals surface area contributed by atoms with Crippen LogP contribution in [0.1, 0.15) is 25.1 Å². The fraction of sp³-hybridized carbons (Fsp3) is 0.222. The summed E-state index contributed by atoms with van der Waals surface area (Å²) in [6, 6.07) is 19.1. The number of hydrogen-bond acceptors (Lipinski definition) is 2. The molecule has 102 valence electrons. The van der Waals surface area contributed by atoms with Crippen molar-refractivity contribution in [3.63, 3.8) is 0 Å². The molecule has 2 heteroatoms. The Labute approximate surface area is 119 Å². The van der Waals surface area contributed by atoms with Gasteiger partial charge in [-0.1, -0.05) is 49.4 Å². The number of rotatable bonds is 4. The second-order valence-electron chi connectivity index (χ2n) is 4.98. The lowest BCUT2D eigenvalue weighted by Crippen LogP contribution is -2.14. The molecule has 1 N–H and O–H groups in total. The number of benzene rings is 2. The van der Waals surface area contributed by atoms with E-state index in [9.17, 15) is 0 Å². The molecule has 0 spiro atoms. The van der Waals surface area contributed by atoms with Gasteiger partial charge in [0.15, 0.2) is 0 Å². The van der Waals surface area contributed by atoms with E-state index >= 15 is 0 Å². The third-order valence-electron chi connectivity index (χ3n) is 3.78. The van der Waals surface area contributed by atoms with Crippen LogP contribution in [0.3, 0.4) is 0 Å². The molecular weight excluding hydrogens is 246 g/mol. The van der Waals surface area contributed by atoms with E-state index in [4.69, 9.17) is 4.42 Å². The Balaban J connectivity index is 2.08. The van der Waals surface area contributed by atoms with E-state index < -0.39 is 0 Å². The van der Waals surface area contributed by atoms with Crippen LogP contribution < -0.4 is 5.32 Å². The van der Waals surface area contributed by atoms with Crippen molar-refractivity contribution in [1.82, 2.24) is 5.32 Å². The number of hydrogen-bond donors (Lipinski definition) is 1. The maximum atomic E-state index is 6.06. The van der Waals surface area contributed by atoms with Crippen LogP contribution in [0, 0.1) is 0 Å². The van der Waals surface area contributed by atoms with E-state index in [0.29, 0.717) is 0 Å². The van der Waals surface area contributed by atoms with Crippen LogP contribution in [0.5, 0.6) is 0 Å². The van der Waals surface area contributed by atoms with Crippen molar-refractivity contribution in [2.45, 2.75) is 19.4 Å². The molecule has 0 aliphatic heterocycles. The van der Waals surface area contributed by atoms with Gasteiger partial charge in [-0.2, -0.15) is 0 Å². The summed E-state index contributed by atoms with van der Waals surface area (Å²) < 4.78 is 6.06. The fourth-order valence-electron chi connectivity index (χ4n) is 2.67. The molecule has 0 bridgehead atoms. The first-order valence-electron chi connectivity index (χ1n) is 7.08. The molecule has 0 aliphatic carbocycles. The van der Waals surface area contributed by atoms with Crippen LogP contribution in [0.15, 0.2) is 59.0 Å². The summed E-state index contributed by atoms with van der Waals surface area (Å²) in [6.07, 6.45) is 1.01. The summed E-state index contributed by atoms with van der Waals surface area (Å²) in [5, 5.41) is 5.75. The van der Waals surface area contributed by atoms with Crippen LogP contribution in [0.25, 0.3) is 22.1 Å². The van der Waals surface area contributed by atoms with Crippen molar-refractivity contribution in [2.75, 3.05) is 7.05 Å². The average molecular weight is 265 g/mol. The Morgan fingerprint density at radius 3 is 2.60 bits per heavy atom. The van der Waals surface area contributed by atoms with Gasteiger partial charge in [-0.05, 0) is 36.4 Å². The number of furan rings is 1. The predicted molar refractivity (Wildman–Crippen MR) is 83.7 cm³/mol. The largest absolute Gasteiger partial charge is 0.459 e. The predicted octanol–water partition coefficient (Wildman–Crippen LogP) is 4.77. The fourth-order valence-corrected chi connectivity index (χ4v) is 2.67. The maximum absolute atomic E-state index is 6.06. The molecule has 0 fully saturated rings. The van der Waals surface area contributed by atoms with Crippen LogP contribution in [-0.2, 0) is 0 Å². The van der Waals surface area contributed by atoms with Gasteiger partial charge in [0, 0.05) is 5.56 Å². The SMILES string of the molecule is CCC(NC)c1ccc(-c2cccc3ccccc23)o1. The topological polar surface area (TPSA) is 25.2 Å². The Morgan fingerprint density at radius 2 is 1.80 bits per heavy atom. The molecule has 1 heterocycles. The molecule has 0 saturated heterocycles. The molecule has 0 aliphatic rings. The van der Waals surface area contributed by atoms with Gasteiger partial charge in [-0.25, -0.2) is 0 Å².